The van der Waals surface area contributed by atoms with Gasteiger partial charge in [-0.05, 0) is 25.1 Å². The van der Waals surface area contributed by atoms with E-state index in [9.17, 15) is 10.1 Å². The fraction of sp³-hybridized carbons (Fsp3) is 0.200. The smallest absolute Gasteiger partial charge is 0.255 e. The minimum Gasteiger partial charge on any atom is -0.490 e. The normalized spacial score (nSPS) is 10.0. The van der Waals surface area contributed by atoms with Gasteiger partial charge >= 0.3 is 0 Å². The van der Waals surface area contributed by atoms with Gasteiger partial charge in [-0.25, -0.2) is 4.98 Å². The molecule has 24 heavy (non-hydrogen) atoms. The summed E-state index contributed by atoms with van der Waals surface area (Å²) < 4.78 is 10.8. The second-order valence-corrected chi connectivity index (χ2v) is 4.65. The van der Waals surface area contributed by atoms with Crippen LogP contribution in [0.25, 0.3) is 11.3 Å². The Kier molecular flexibility index (Phi) is 5.01. The van der Waals surface area contributed by atoms with E-state index in [1.807, 2.05) is 6.07 Å². The molecule has 1 heterocycles. The Morgan fingerprint density at radius 2 is 2.00 bits per heavy atom. The molecule has 9 nitrogen and oxygen atoms in total. The van der Waals surface area contributed by atoms with Gasteiger partial charge in [0.25, 0.3) is 5.91 Å². The second-order valence-electron chi connectivity index (χ2n) is 4.65. The Balaban J connectivity index is 2.51. The summed E-state index contributed by atoms with van der Waals surface area (Å²) in [6.07, 6.45) is 0. The van der Waals surface area contributed by atoms with Crippen LogP contribution in [0, 0.1) is 11.3 Å². The van der Waals surface area contributed by atoms with Crippen molar-refractivity contribution < 1.29 is 14.3 Å². The summed E-state index contributed by atoms with van der Waals surface area (Å²) in [5, 5.41) is 9.27. The van der Waals surface area contributed by atoms with Gasteiger partial charge in [0, 0.05) is 5.56 Å². The fourth-order valence-electron chi connectivity index (χ4n) is 2.01. The molecule has 0 saturated carbocycles. The number of hydrogen-bond donors (Lipinski definition) is 3. The van der Waals surface area contributed by atoms with Crippen LogP contribution in [0.15, 0.2) is 18.2 Å². The van der Waals surface area contributed by atoms with E-state index in [1.165, 1.54) is 0 Å². The molecule has 6 N–H and O–H groups in total. The van der Waals surface area contributed by atoms with E-state index in [-0.39, 0.29) is 29.6 Å². The van der Waals surface area contributed by atoms with Crippen LogP contribution in [0.1, 0.15) is 12.5 Å². The first-order valence-electron chi connectivity index (χ1n) is 6.97. The number of amides is 1. The van der Waals surface area contributed by atoms with Crippen LogP contribution >= 0.6 is 0 Å². The summed E-state index contributed by atoms with van der Waals surface area (Å²) >= 11 is 0. The van der Waals surface area contributed by atoms with E-state index >= 15 is 0 Å². The molecule has 0 bridgehead atoms. The van der Waals surface area contributed by atoms with Gasteiger partial charge in [0.05, 0.1) is 12.3 Å². The third kappa shape index (κ3) is 3.61. The van der Waals surface area contributed by atoms with E-state index in [0.29, 0.717) is 23.7 Å². The molecule has 2 rings (SSSR count). The van der Waals surface area contributed by atoms with Gasteiger partial charge in [0.2, 0.25) is 5.95 Å². The van der Waals surface area contributed by atoms with Crippen molar-refractivity contribution in [2.45, 2.75) is 6.92 Å². The highest BCUT2D eigenvalue weighted by molar-refractivity contribution is 5.76. The van der Waals surface area contributed by atoms with Gasteiger partial charge in [-0.1, -0.05) is 0 Å². The summed E-state index contributed by atoms with van der Waals surface area (Å²) in [4.78, 5) is 18.7. The van der Waals surface area contributed by atoms with E-state index in [0.717, 1.165) is 0 Å². The molecule has 2 aromatic rings. The molecule has 0 saturated heterocycles. The number of nitrogens with zero attached hydrogens (tertiary/aromatic N) is 3. The Hall–Kier alpha value is -3.54. The van der Waals surface area contributed by atoms with Gasteiger partial charge in [-0.2, -0.15) is 10.2 Å². The maximum absolute atomic E-state index is 10.9. The molecular weight excluding hydrogens is 312 g/mol. The number of hydrogen-bond acceptors (Lipinski definition) is 8. The first-order chi connectivity index (χ1) is 11.5. The average molecular weight is 328 g/mol. The lowest BCUT2D eigenvalue weighted by molar-refractivity contribution is -0.119. The highest BCUT2D eigenvalue weighted by atomic mass is 16.5. The molecule has 1 aromatic heterocycles. The topological polar surface area (TPSA) is 163 Å². The molecule has 0 aliphatic carbocycles. The van der Waals surface area contributed by atoms with Gasteiger partial charge in [-0.15, -0.1) is 0 Å². The van der Waals surface area contributed by atoms with Crippen LogP contribution < -0.4 is 26.7 Å². The predicted octanol–water partition coefficient (Wildman–Crippen LogP) is 0.442. The van der Waals surface area contributed by atoms with Crippen LogP contribution in [0.4, 0.5) is 11.8 Å². The van der Waals surface area contributed by atoms with Crippen LogP contribution in [-0.2, 0) is 4.79 Å². The van der Waals surface area contributed by atoms with Crippen LogP contribution in [0.3, 0.4) is 0 Å². The average Bonchev–Trinajstić information content (AvgIpc) is 2.53. The van der Waals surface area contributed by atoms with Gasteiger partial charge in [0.15, 0.2) is 18.1 Å². The zero-order chi connectivity index (χ0) is 17.7. The van der Waals surface area contributed by atoms with E-state index in [2.05, 4.69) is 9.97 Å². The molecule has 0 atom stereocenters. The number of aromatic nitrogens is 2. The predicted molar refractivity (Wildman–Crippen MR) is 86.9 cm³/mol. The number of carbonyl (C=O) groups is 1. The van der Waals surface area contributed by atoms with Crippen molar-refractivity contribution in [2.24, 2.45) is 5.73 Å². The van der Waals surface area contributed by atoms with Gasteiger partial charge in [0.1, 0.15) is 17.5 Å². The van der Waals surface area contributed by atoms with E-state index in [4.69, 9.17) is 26.7 Å². The Morgan fingerprint density at radius 1 is 1.25 bits per heavy atom. The quantitative estimate of drug-likeness (QED) is 0.687. The van der Waals surface area contributed by atoms with Crippen molar-refractivity contribution in [1.29, 1.82) is 5.26 Å². The number of nitrogen functional groups attached to an aromatic ring is 2. The number of rotatable bonds is 6. The van der Waals surface area contributed by atoms with E-state index < -0.39 is 5.91 Å². The molecule has 0 spiro atoms. The van der Waals surface area contributed by atoms with Gasteiger partial charge < -0.3 is 26.7 Å². The van der Waals surface area contributed by atoms with Crippen molar-refractivity contribution in [3.05, 3.63) is 23.8 Å². The summed E-state index contributed by atoms with van der Waals surface area (Å²) in [5.74, 6) is 0.0500. The maximum Gasteiger partial charge on any atom is 0.255 e. The molecule has 0 radical (unpaired) electrons. The number of anilines is 2. The molecule has 9 heteroatoms. The van der Waals surface area contributed by atoms with Crippen LogP contribution in [0.2, 0.25) is 0 Å². The van der Waals surface area contributed by atoms with Gasteiger partial charge in [-0.3, -0.25) is 4.79 Å². The van der Waals surface area contributed by atoms with Crippen molar-refractivity contribution in [3.63, 3.8) is 0 Å². The van der Waals surface area contributed by atoms with Crippen molar-refractivity contribution in [2.75, 3.05) is 24.7 Å². The number of benzene rings is 1. The first kappa shape index (κ1) is 16.8. The molecule has 0 fully saturated rings. The number of nitrogens with two attached hydrogens (primary N) is 3. The minimum absolute atomic E-state index is 0.00739. The highest BCUT2D eigenvalue weighted by Crippen LogP contribution is 2.34. The third-order valence-corrected chi connectivity index (χ3v) is 2.95. The molecule has 0 aliphatic heterocycles. The summed E-state index contributed by atoms with van der Waals surface area (Å²) in [5.41, 5.74) is 17.3. The van der Waals surface area contributed by atoms with Crippen molar-refractivity contribution in [3.8, 4) is 28.8 Å². The summed E-state index contributed by atoms with van der Waals surface area (Å²) in [6, 6.07) is 6.79. The molecule has 0 aliphatic rings. The Bertz CT molecular complexity index is 816. The Labute approximate surface area is 138 Å². The first-order valence-corrected chi connectivity index (χ1v) is 6.97. The largest absolute Gasteiger partial charge is 0.490 e. The maximum atomic E-state index is 10.9. The van der Waals surface area contributed by atoms with Crippen molar-refractivity contribution >= 4 is 17.7 Å². The van der Waals surface area contributed by atoms with Crippen molar-refractivity contribution in [1.82, 2.24) is 9.97 Å². The number of primary amides is 1. The lowest BCUT2D eigenvalue weighted by atomic mass is 10.1. The minimum atomic E-state index is -0.607. The second kappa shape index (κ2) is 7.15. The molecule has 1 amide bonds. The highest BCUT2D eigenvalue weighted by Gasteiger charge is 2.16. The fourth-order valence-corrected chi connectivity index (χ4v) is 2.01. The summed E-state index contributed by atoms with van der Waals surface area (Å²) in [7, 11) is 0. The molecule has 124 valence electrons. The SMILES string of the molecule is CCOc1cc(-c2nc(N)nc(N)c2C#N)ccc1OCC(N)=O. The standard InChI is InChI=1S/C15H16N6O3/c1-2-23-11-5-8(3-4-10(11)24-7-12(17)22)13-9(6-16)14(18)21-15(19)20-13/h3-5H,2,7H2,1H3,(H2,17,22)(H4,18,19,20,21). The zero-order valence-electron chi connectivity index (χ0n) is 12.9. The van der Waals surface area contributed by atoms with E-state index in [1.54, 1.807) is 25.1 Å². The Morgan fingerprint density at radius 3 is 2.62 bits per heavy atom. The van der Waals surface area contributed by atoms with Crippen LogP contribution in [0.5, 0.6) is 11.5 Å². The van der Waals surface area contributed by atoms with Crippen LogP contribution in [-0.4, -0.2) is 29.1 Å². The number of nitriles is 1. The lowest BCUT2D eigenvalue weighted by Gasteiger charge is -2.13. The molecule has 1 aromatic carbocycles. The molecule has 0 unspecified atom stereocenters. The summed E-state index contributed by atoms with van der Waals surface area (Å²) in [6.45, 7) is 1.89. The third-order valence-electron chi connectivity index (χ3n) is 2.95. The lowest BCUT2D eigenvalue weighted by Crippen LogP contribution is -2.20. The zero-order valence-corrected chi connectivity index (χ0v) is 12.9. The number of ether oxygens (including phenoxy) is 2. The monoisotopic (exact) mass is 328 g/mol. The molecular formula is C15H16N6O3. The number of carbonyl (C=O) groups excluding carboxylic acids is 1.